The molecule has 0 aliphatic carbocycles. The molecule has 102 valence electrons. The maximum absolute atomic E-state index is 12.4. The van der Waals surface area contributed by atoms with Crippen molar-refractivity contribution in [3.63, 3.8) is 0 Å². The van der Waals surface area contributed by atoms with E-state index < -0.39 is 0 Å². The molecule has 1 aromatic carbocycles. The summed E-state index contributed by atoms with van der Waals surface area (Å²) in [5, 5.41) is 0. The van der Waals surface area contributed by atoms with E-state index in [2.05, 4.69) is 11.9 Å². The van der Waals surface area contributed by atoms with Gasteiger partial charge in [0.05, 0.1) is 17.6 Å². The van der Waals surface area contributed by atoms with Crippen LogP contribution in [-0.4, -0.2) is 19.9 Å². The van der Waals surface area contributed by atoms with Crippen molar-refractivity contribution in [3.8, 4) is 0 Å². The van der Waals surface area contributed by atoms with Crippen molar-refractivity contribution in [2.75, 3.05) is 0 Å². The molecule has 3 rings (SSSR count). The topological polar surface area (TPSA) is 39.8 Å². The van der Waals surface area contributed by atoms with Gasteiger partial charge in [-0.25, -0.2) is 4.98 Å². The van der Waals surface area contributed by atoms with Crippen molar-refractivity contribution in [1.29, 1.82) is 0 Å². The van der Waals surface area contributed by atoms with Crippen LogP contribution in [0, 0.1) is 0 Å². The number of Topliss-reactive ketones (excluding diaryl/α,β-unsaturated/α-hetero) is 1. The molecule has 0 bridgehead atoms. The quantitative estimate of drug-likeness (QED) is 0.682. The van der Waals surface area contributed by atoms with Gasteiger partial charge >= 0.3 is 0 Å². The third-order valence-electron chi connectivity index (χ3n) is 3.51. The molecule has 0 aliphatic heterocycles. The monoisotopic (exact) mass is 267 g/mol. The first kappa shape index (κ1) is 12.7. The first-order valence-corrected chi connectivity index (χ1v) is 6.78. The minimum Gasteiger partial charge on any atom is -0.357 e. The predicted molar refractivity (Wildman–Crippen MR) is 78.9 cm³/mol. The Hall–Kier alpha value is -2.36. The van der Waals surface area contributed by atoms with Gasteiger partial charge in [-0.3, -0.25) is 4.79 Å². The Labute approximate surface area is 117 Å². The van der Waals surface area contributed by atoms with Crippen LogP contribution in [0.15, 0.2) is 42.7 Å². The summed E-state index contributed by atoms with van der Waals surface area (Å²) < 4.78 is 3.91. The molecular weight excluding hydrogens is 250 g/mol. The normalized spacial score (nSPS) is 11.1. The lowest BCUT2D eigenvalue weighted by Gasteiger charge is -2.06. The van der Waals surface area contributed by atoms with Crippen LogP contribution >= 0.6 is 0 Å². The second-order valence-corrected chi connectivity index (χ2v) is 4.95. The van der Waals surface area contributed by atoms with Crippen LogP contribution < -0.4 is 0 Å². The van der Waals surface area contributed by atoms with Gasteiger partial charge in [0.2, 0.25) is 0 Å². The first-order chi connectivity index (χ1) is 9.69. The third kappa shape index (κ3) is 2.13. The van der Waals surface area contributed by atoms with Gasteiger partial charge in [-0.1, -0.05) is 19.1 Å². The average molecular weight is 267 g/mol. The fourth-order valence-corrected chi connectivity index (χ4v) is 2.47. The van der Waals surface area contributed by atoms with Crippen LogP contribution in [0.3, 0.4) is 0 Å². The number of carbonyl (C=O) groups is 1. The number of nitrogens with zero attached hydrogens (tertiary/aromatic N) is 3. The molecule has 0 radical (unpaired) electrons. The molecule has 0 aliphatic rings. The number of benzene rings is 1. The smallest absolute Gasteiger partial charge is 0.184 e. The van der Waals surface area contributed by atoms with Gasteiger partial charge in [-0.05, 0) is 18.2 Å². The molecule has 0 saturated carbocycles. The molecule has 0 unspecified atom stereocenters. The van der Waals surface area contributed by atoms with Gasteiger partial charge in [0, 0.05) is 31.4 Å². The van der Waals surface area contributed by atoms with Crippen LogP contribution in [0.4, 0.5) is 0 Å². The number of rotatable bonds is 4. The van der Waals surface area contributed by atoms with Crippen molar-refractivity contribution in [3.05, 3.63) is 54.1 Å². The van der Waals surface area contributed by atoms with Crippen LogP contribution in [0.5, 0.6) is 0 Å². The van der Waals surface area contributed by atoms with Crippen LogP contribution in [0.1, 0.15) is 23.1 Å². The zero-order valence-electron chi connectivity index (χ0n) is 11.7. The van der Waals surface area contributed by atoms with E-state index in [0.29, 0.717) is 6.54 Å². The SMILES string of the molecule is CCc1nc2ccccc2n1CC(=O)c1ccn(C)c1. The number of fused-ring (bicyclic) bond motifs is 1. The Bertz CT molecular complexity index is 767. The molecule has 2 heterocycles. The van der Waals surface area contributed by atoms with Gasteiger partial charge in [0.25, 0.3) is 0 Å². The molecule has 0 fully saturated rings. The fourth-order valence-electron chi connectivity index (χ4n) is 2.47. The number of hydrogen-bond acceptors (Lipinski definition) is 2. The Balaban J connectivity index is 1.99. The van der Waals surface area contributed by atoms with Crippen molar-refractivity contribution >= 4 is 16.8 Å². The van der Waals surface area contributed by atoms with E-state index in [0.717, 1.165) is 28.8 Å². The second kappa shape index (κ2) is 4.96. The van der Waals surface area contributed by atoms with E-state index in [9.17, 15) is 4.79 Å². The summed E-state index contributed by atoms with van der Waals surface area (Å²) in [6, 6.07) is 9.80. The Morgan fingerprint density at radius 2 is 2.05 bits per heavy atom. The molecule has 0 atom stereocenters. The van der Waals surface area contributed by atoms with Crippen LogP contribution in [0.2, 0.25) is 0 Å². The largest absolute Gasteiger partial charge is 0.357 e. The lowest BCUT2D eigenvalue weighted by molar-refractivity contribution is 0.0972. The van der Waals surface area contributed by atoms with Crippen molar-refractivity contribution in [2.45, 2.75) is 19.9 Å². The lowest BCUT2D eigenvalue weighted by Crippen LogP contribution is -2.12. The van der Waals surface area contributed by atoms with Gasteiger partial charge < -0.3 is 9.13 Å². The van der Waals surface area contributed by atoms with E-state index in [4.69, 9.17) is 0 Å². The molecule has 0 saturated heterocycles. The number of aromatic nitrogens is 3. The van der Waals surface area contributed by atoms with E-state index in [1.807, 2.05) is 58.9 Å². The molecule has 2 aromatic heterocycles. The summed E-state index contributed by atoms with van der Waals surface area (Å²) in [5.74, 6) is 1.07. The second-order valence-electron chi connectivity index (χ2n) is 4.95. The number of imidazole rings is 1. The van der Waals surface area contributed by atoms with Crippen molar-refractivity contribution < 1.29 is 4.79 Å². The molecule has 3 aromatic rings. The van der Waals surface area contributed by atoms with E-state index in [-0.39, 0.29) is 5.78 Å². The highest BCUT2D eigenvalue weighted by Crippen LogP contribution is 2.17. The van der Waals surface area contributed by atoms with Crippen LogP contribution in [-0.2, 0) is 20.0 Å². The van der Waals surface area contributed by atoms with E-state index in [1.165, 1.54) is 0 Å². The zero-order chi connectivity index (χ0) is 14.1. The number of ketones is 1. The van der Waals surface area contributed by atoms with Crippen molar-refractivity contribution in [2.24, 2.45) is 7.05 Å². The molecule has 0 amide bonds. The maximum atomic E-state index is 12.4. The summed E-state index contributed by atoms with van der Waals surface area (Å²) in [4.78, 5) is 17.0. The highest BCUT2D eigenvalue weighted by Gasteiger charge is 2.14. The number of hydrogen-bond donors (Lipinski definition) is 0. The van der Waals surface area contributed by atoms with E-state index in [1.54, 1.807) is 0 Å². The average Bonchev–Trinajstić information content (AvgIpc) is 3.03. The molecule has 4 heteroatoms. The molecule has 4 nitrogen and oxygen atoms in total. The van der Waals surface area contributed by atoms with Gasteiger partial charge in [0.1, 0.15) is 5.82 Å². The Morgan fingerprint density at radius 3 is 2.75 bits per heavy atom. The Morgan fingerprint density at radius 1 is 1.25 bits per heavy atom. The first-order valence-electron chi connectivity index (χ1n) is 6.78. The van der Waals surface area contributed by atoms with Gasteiger partial charge in [0.15, 0.2) is 5.78 Å². The lowest BCUT2D eigenvalue weighted by atomic mass is 10.2. The third-order valence-corrected chi connectivity index (χ3v) is 3.51. The molecule has 0 N–H and O–H groups in total. The van der Waals surface area contributed by atoms with Gasteiger partial charge in [-0.2, -0.15) is 0 Å². The van der Waals surface area contributed by atoms with Crippen molar-refractivity contribution in [1.82, 2.24) is 14.1 Å². The summed E-state index contributed by atoms with van der Waals surface area (Å²) in [5.41, 5.74) is 2.71. The van der Waals surface area contributed by atoms with Crippen LogP contribution in [0.25, 0.3) is 11.0 Å². The highest BCUT2D eigenvalue weighted by molar-refractivity contribution is 5.96. The number of para-hydroxylation sites is 2. The standard InChI is InChI=1S/C16H17N3O/c1-3-16-17-13-6-4-5-7-14(13)19(16)11-15(20)12-8-9-18(2)10-12/h4-10H,3,11H2,1-2H3. The Kier molecular flexibility index (Phi) is 3.14. The number of carbonyl (C=O) groups excluding carboxylic acids is 1. The van der Waals surface area contributed by atoms with Gasteiger partial charge in [-0.15, -0.1) is 0 Å². The summed E-state index contributed by atoms with van der Waals surface area (Å²) >= 11 is 0. The highest BCUT2D eigenvalue weighted by atomic mass is 16.1. The summed E-state index contributed by atoms with van der Waals surface area (Å²) in [7, 11) is 1.92. The minimum absolute atomic E-state index is 0.114. The predicted octanol–water partition coefficient (Wildman–Crippen LogP) is 2.82. The summed E-state index contributed by atoms with van der Waals surface area (Å²) in [6.45, 7) is 2.40. The minimum atomic E-state index is 0.114. The summed E-state index contributed by atoms with van der Waals surface area (Å²) in [6.07, 6.45) is 4.56. The molecular formula is C16H17N3O. The molecule has 20 heavy (non-hydrogen) atoms. The zero-order valence-corrected chi connectivity index (χ0v) is 11.7. The van der Waals surface area contributed by atoms with E-state index >= 15 is 0 Å². The maximum Gasteiger partial charge on any atom is 0.184 e. The molecule has 0 spiro atoms. The fraction of sp³-hybridized carbons (Fsp3) is 0.250. The number of aryl methyl sites for hydroxylation is 2.